The minimum atomic E-state index is -0.868. The van der Waals surface area contributed by atoms with E-state index in [1.165, 1.54) is 0 Å². The van der Waals surface area contributed by atoms with E-state index in [-0.39, 0.29) is 5.91 Å². The second-order valence-electron chi connectivity index (χ2n) is 5.72. The Hall–Kier alpha value is -1.85. The number of rotatable bonds is 5. The fourth-order valence-corrected chi connectivity index (χ4v) is 2.99. The van der Waals surface area contributed by atoms with E-state index in [4.69, 9.17) is 0 Å². The predicted octanol–water partition coefficient (Wildman–Crippen LogP) is 2.43. The van der Waals surface area contributed by atoms with Gasteiger partial charge in [-0.1, -0.05) is 19.8 Å². The maximum absolute atomic E-state index is 12.4. The number of aryl methyl sites for hydroxylation is 2. The Balaban J connectivity index is 2.11. The zero-order valence-corrected chi connectivity index (χ0v) is 12.6. The van der Waals surface area contributed by atoms with Gasteiger partial charge < -0.3 is 10.4 Å². The first-order chi connectivity index (χ1) is 10.0. The second-order valence-corrected chi connectivity index (χ2v) is 5.72. The zero-order chi connectivity index (χ0) is 15.4. The first kappa shape index (κ1) is 15.5. The van der Waals surface area contributed by atoms with Crippen LogP contribution in [0, 0.1) is 18.8 Å². The van der Waals surface area contributed by atoms with Crippen molar-refractivity contribution in [3.8, 4) is 0 Å². The molecular formula is C15H23N3O3. The minimum absolute atomic E-state index is 0.195. The van der Waals surface area contributed by atoms with Crippen molar-refractivity contribution in [1.29, 1.82) is 0 Å². The summed E-state index contributed by atoms with van der Waals surface area (Å²) in [6.07, 6.45) is 3.94. The summed E-state index contributed by atoms with van der Waals surface area (Å²) < 4.78 is 1.77. The van der Waals surface area contributed by atoms with Gasteiger partial charge in [0.25, 0.3) is 0 Å². The van der Waals surface area contributed by atoms with Gasteiger partial charge >= 0.3 is 5.97 Å². The van der Waals surface area contributed by atoms with E-state index in [0.717, 1.165) is 31.5 Å². The van der Waals surface area contributed by atoms with Crippen molar-refractivity contribution in [2.24, 2.45) is 11.8 Å². The zero-order valence-electron chi connectivity index (χ0n) is 12.6. The summed E-state index contributed by atoms with van der Waals surface area (Å²) in [5.74, 6) is -1.41. The number of carboxylic acids is 1. The number of nitrogens with one attached hydrogen (secondary N) is 1. The summed E-state index contributed by atoms with van der Waals surface area (Å²) >= 11 is 0. The van der Waals surface area contributed by atoms with Gasteiger partial charge in [-0.2, -0.15) is 5.10 Å². The van der Waals surface area contributed by atoms with Gasteiger partial charge in [-0.05, 0) is 26.2 Å². The van der Waals surface area contributed by atoms with Crippen molar-refractivity contribution in [1.82, 2.24) is 9.78 Å². The molecule has 1 fully saturated rings. The quantitative estimate of drug-likeness (QED) is 0.873. The fraction of sp³-hybridized carbons (Fsp3) is 0.667. The van der Waals surface area contributed by atoms with Crippen LogP contribution in [0.4, 0.5) is 5.82 Å². The molecule has 1 aliphatic rings. The van der Waals surface area contributed by atoms with E-state index < -0.39 is 17.8 Å². The largest absolute Gasteiger partial charge is 0.481 e. The van der Waals surface area contributed by atoms with E-state index >= 15 is 0 Å². The number of carbonyl (C=O) groups is 2. The Kier molecular flexibility index (Phi) is 4.98. The van der Waals surface area contributed by atoms with Crippen LogP contribution in [0.2, 0.25) is 0 Å². The smallest absolute Gasteiger partial charge is 0.307 e. The highest BCUT2D eigenvalue weighted by atomic mass is 16.4. The summed E-state index contributed by atoms with van der Waals surface area (Å²) in [7, 11) is 0. The van der Waals surface area contributed by atoms with Gasteiger partial charge in [-0.15, -0.1) is 0 Å². The molecule has 0 saturated heterocycles. The first-order valence-corrected chi connectivity index (χ1v) is 7.61. The van der Waals surface area contributed by atoms with Crippen LogP contribution in [-0.4, -0.2) is 26.8 Å². The SMILES string of the molecule is CCCn1nc(C)cc1NC(=O)[C@@H]1CCCC[C@@H]1C(=O)O. The van der Waals surface area contributed by atoms with Gasteiger partial charge in [0.1, 0.15) is 5.82 Å². The molecule has 2 atom stereocenters. The third-order valence-corrected chi connectivity index (χ3v) is 4.01. The van der Waals surface area contributed by atoms with E-state index in [9.17, 15) is 14.7 Å². The number of anilines is 1. The van der Waals surface area contributed by atoms with Crippen LogP contribution >= 0.6 is 0 Å². The maximum Gasteiger partial charge on any atom is 0.307 e. The third kappa shape index (κ3) is 3.62. The Bertz CT molecular complexity index is 524. The van der Waals surface area contributed by atoms with Gasteiger partial charge in [0.2, 0.25) is 5.91 Å². The van der Waals surface area contributed by atoms with E-state index in [1.807, 2.05) is 19.9 Å². The van der Waals surface area contributed by atoms with Gasteiger partial charge in [0.15, 0.2) is 0 Å². The maximum atomic E-state index is 12.4. The molecule has 21 heavy (non-hydrogen) atoms. The lowest BCUT2D eigenvalue weighted by molar-refractivity contribution is -0.147. The average molecular weight is 293 g/mol. The van der Waals surface area contributed by atoms with E-state index in [2.05, 4.69) is 10.4 Å². The van der Waals surface area contributed by atoms with Crippen molar-refractivity contribution in [2.45, 2.75) is 52.5 Å². The van der Waals surface area contributed by atoms with Crippen LogP contribution in [0.15, 0.2) is 6.07 Å². The predicted molar refractivity (Wildman–Crippen MR) is 79.0 cm³/mol. The lowest BCUT2D eigenvalue weighted by Gasteiger charge is -2.27. The molecule has 1 aliphatic carbocycles. The molecule has 1 heterocycles. The second kappa shape index (κ2) is 6.74. The highest BCUT2D eigenvalue weighted by molar-refractivity contribution is 5.94. The Morgan fingerprint density at radius 3 is 2.67 bits per heavy atom. The molecule has 2 rings (SSSR count). The summed E-state index contributed by atoms with van der Waals surface area (Å²) in [6.45, 7) is 4.66. The lowest BCUT2D eigenvalue weighted by Crippen LogP contribution is -2.36. The minimum Gasteiger partial charge on any atom is -0.481 e. The normalized spacial score (nSPS) is 22.0. The molecule has 1 saturated carbocycles. The number of hydrogen-bond donors (Lipinski definition) is 2. The van der Waals surface area contributed by atoms with Gasteiger partial charge in [-0.3, -0.25) is 9.59 Å². The Labute approximate surface area is 124 Å². The van der Waals surface area contributed by atoms with Crippen molar-refractivity contribution < 1.29 is 14.7 Å². The molecule has 116 valence electrons. The summed E-state index contributed by atoms with van der Waals surface area (Å²) in [5, 5.41) is 16.5. The molecule has 0 aliphatic heterocycles. The van der Waals surface area contributed by atoms with E-state index in [1.54, 1.807) is 4.68 Å². The molecule has 0 spiro atoms. The van der Waals surface area contributed by atoms with Gasteiger partial charge in [0.05, 0.1) is 17.5 Å². The van der Waals surface area contributed by atoms with Crippen molar-refractivity contribution >= 4 is 17.7 Å². The van der Waals surface area contributed by atoms with Crippen LogP contribution in [0.3, 0.4) is 0 Å². The fourth-order valence-electron chi connectivity index (χ4n) is 2.99. The Morgan fingerprint density at radius 2 is 2.05 bits per heavy atom. The first-order valence-electron chi connectivity index (χ1n) is 7.61. The number of aliphatic carboxylic acids is 1. The number of aromatic nitrogens is 2. The van der Waals surface area contributed by atoms with Crippen molar-refractivity contribution in [2.75, 3.05) is 5.32 Å². The van der Waals surface area contributed by atoms with Gasteiger partial charge in [-0.25, -0.2) is 4.68 Å². The standard InChI is InChI=1S/C15H23N3O3/c1-3-8-18-13(9-10(2)17-18)16-14(19)11-6-4-5-7-12(11)15(20)21/h9,11-12H,3-8H2,1-2H3,(H,16,19)(H,20,21)/t11-,12+/m1/s1. The molecule has 0 unspecified atom stereocenters. The van der Waals surface area contributed by atoms with E-state index in [0.29, 0.717) is 18.7 Å². The molecule has 1 aromatic rings. The number of hydrogen-bond acceptors (Lipinski definition) is 3. The molecule has 6 heteroatoms. The highest BCUT2D eigenvalue weighted by Crippen LogP contribution is 2.31. The van der Waals surface area contributed by atoms with Crippen molar-refractivity contribution in [3.63, 3.8) is 0 Å². The molecule has 0 aromatic carbocycles. The summed E-state index contributed by atoms with van der Waals surface area (Å²) in [5.41, 5.74) is 0.845. The van der Waals surface area contributed by atoms with Crippen molar-refractivity contribution in [3.05, 3.63) is 11.8 Å². The molecule has 1 aromatic heterocycles. The number of carbonyl (C=O) groups excluding carboxylic acids is 1. The number of nitrogens with zero attached hydrogens (tertiary/aromatic N) is 2. The summed E-state index contributed by atoms with van der Waals surface area (Å²) in [6, 6.07) is 1.83. The van der Waals surface area contributed by atoms with Crippen LogP contribution in [0.1, 0.15) is 44.7 Å². The Morgan fingerprint density at radius 1 is 1.38 bits per heavy atom. The highest BCUT2D eigenvalue weighted by Gasteiger charge is 2.36. The number of amides is 1. The topological polar surface area (TPSA) is 84.2 Å². The lowest BCUT2D eigenvalue weighted by atomic mass is 9.79. The number of carboxylic acid groups (broad SMARTS) is 1. The van der Waals surface area contributed by atoms with Crippen LogP contribution in [0.5, 0.6) is 0 Å². The average Bonchev–Trinajstić information content (AvgIpc) is 2.79. The molecule has 0 radical (unpaired) electrons. The molecule has 6 nitrogen and oxygen atoms in total. The molecule has 1 amide bonds. The molecule has 0 bridgehead atoms. The van der Waals surface area contributed by atoms with Crippen LogP contribution in [0.25, 0.3) is 0 Å². The van der Waals surface area contributed by atoms with Gasteiger partial charge in [0, 0.05) is 12.6 Å². The van der Waals surface area contributed by atoms with Crippen LogP contribution < -0.4 is 5.32 Å². The molecular weight excluding hydrogens is 270 g/mol. The summed E-state index contributed by atoms with van der Waals surface area (Å²) in [4.78, 5) is 23.7. The van der Waals surface area contributed by atoms with Crippen LogP contribution in [-0.2, 0) is 16.1 Å². The molecule has 2 N–H and O–H groups in total. The monoisotopic (exact) mass is 293 g/mol. The third-order valence-electron chi connectivity index (χ3n) is 4.01.